The van der Waals surface area contributed by atoms with Crippen molar-refractivity contribution in [3.63, 3.8) is 0 Å². The Morgan fingerprint density at radius 3 is 2.62 bits per heavy atom. The molecule has 1 aromatic rings. The number of nitrogens with zero attached hydrogens (tertiary/aromatic N) is 1. The molecule has 0 atom stereocenters. The van der Waals surface area contributed by atoms with E-state index in [2.05, 4.69) is 4.98 Å². The summed E-state index contributed by atoms with van der Waals surface area (Å²) in [5, 5.41) is 8.41. The molecule has 3 N–H and O–H groups in total. The highest BCUT2D eigenvalue weighted by atomic mass is 19.3. The summed E-state index contributed by atoms with van der Waals surface area (Å²) in [6, 6.07) is 1.38. The fourth-order valence-corrected chi connectivity index (χ4v) is 0.906. The van der Waals surface area contributed by atoms with Gasteiger partial charge in [-0.3, -0.25) is 4.79 Å². The second-order valence-electron chi connectivity index (χ2n) is 2.27. The fourth-order valence-electron chi connectivity index (χ4n) is 0.906. The lowest BCUT2D eigenvalue weighted by atomic mass is 10.1. The molecule has 0 aliphatic carbocycles. The Balaban J connectivity index is 3.56. The molecule has 1 rings (SSSR count). The van der Waals surface area contributed by atoms with Gasteiger partial charge in [-0.05, 0) is 0 Å². The number of halogens is 2. The van der Waals surface area contributed by atoms with Gasteiger partial charge in [-0.15, -0.1) is 0 Å². The maximum absolute atomic E-state index is 12.3. The van der Waals surface area contributed by atoms with Gasteiger partial charge < -0.3 is 10.7 Å². The molecule has 0 bridgehead atoms. The van der Waals surface area contributed by atoms with Gasteiger partial charge in [-0.1, -0.05) is 0 Å². The molecule has 0 aromatic carbocycles. The van der Waals surface area contributed by atoms with Crippen LogP contribution in [0.15, 0.2) is 11.0 Å². The summed E-state index contributed by atoms with van der Waals surface area (Å²) in [7, 11) is 0. The van der Waals surface area contributed by atoms with Crippen LogP contribution in [0, 0.1) is 11.3 Å². The van der Waals surface area contributed by atoms with Crippen LogP contribution in [0.2, 0.25) is 0 Å². The van der Waals surface area contributed by atoms with Gasteiger partial charge in [-0.2, -0.15) is 5.26 Å². The van der Waals surface area contributed by atoms with Crippen LogP contribution in [0.5, 0.6) is 0 Å². The van der Waals surface area contributed by atoms with Crippen molar-refractivity contribution in [2.24, 2.45) is 0 Å². The molecular weight excluding hydrogens is 180 g/mol. The van der Waals surface area contributed by atoms with E-state index in [0.29, 0.717) is 0 Å². The van der Waals surface area contributed by atoms with E-state index in [-0.39, 0.29) is 5.69 Å². The largest absolute Gasteiger partial charge is 0.397 e. The average Bonchev–Trinajstić information content (AvgIpc) is 2.07. The molecule has 6 heteroatoms. The van der Waals surface area contributed by atoms with Crippen LogP contribution in [0.25, 0.3) is 0 Å². The monoisotopic (exact) mass is 185 g/mol. The molecule has 68 valence electrons. The summed E-state index contributed by atoms with van der Waals surface area (Å²) in [6.45, 7) is 0. The Morgan fingerprint density at radius 1 is 1.62 bits per heavy atom. The van der Waals surface area contributed by atoms with Crippen molar-refractivity contribution >= 4 is 5.69 Å². The van der Waals surface area contributed by atoms with Gasteiger partial charge in [0, 0.05) is 6.20 Å². The Hall–Kier alpha value is -1.90. The molecule has 13 heavy (non-hydrogen) atoms. The lowest BCUT2D eigenvalue weighted by molar-refractivity contribution is 0.151. The second kappa shape index (κ2) is 3.23. The number of aromatic nitrogens is 1. The predicted molar refractivity (Wildman–Crippen MR) is 41.1 cm³/mol. The third kappa shape index (κ3) is 1.49. The minimum Gasteiger partial charge on any atom is -0.397 e. The third-order valence-electron chi connectivity index (χ3n) is 1.50. The second-order valence-corrected chi connectivity index (χ2v) is 2.27. The number of anilines is 1. The van der Waals surface area contributed by atoms with Crippen LogP contribution in [-0.2, 0) is 0 Å². The zero-order chi connectivity index (χ0) is 10.0. The molecule has 0 saturated heterocycles. The van der Waals surface area contributed by atoms with Crippen LogP contribution in [-0.4, -0.2) is 4.98 Å². The summed E-state index contributed by atoms with van der Waals surface area (Å²) in [4.78, 5) is 12.9. The number of nitrogen functional groups attached to an aromatic ring is 1. The van der Waals surface area contributed by atoms with E-state index in [0.717, 1.165) is 6.20 Å². The molecule has 0 saturated carbocycles. The van der Waals surface area contributed by atoms with Gasteiger partial charge in [0.2, 0.25) is 0 Å². The number of H-pyrrole nitrogens is 1. The third-order valence-corrected chi connectivity index (χ3v) is 1.50. The zero-order valence-electron chi connectivity index (χ0n) is 6.34. The van der Waals surface area contributed by atoms with E-state index >= 15 is 0 Å². The van der Waals surface area contributed by atoms with Crippen molar-refractivity contribution in [3.8, 4) is 6.07 Å². The molecule has 0 unspecified atom stereocenters. The van der Waals surface area contributed by atoms with E-state index in [4.69, 9.17) is 11.0 Å². The molecule has 0 radical (unpaired) electrons. The molecule has 0 aliphatic rings. The summed E-state index contributed by atoms with van der Waals surface area (Å²) in [6.07, 6.45) is -1.97. The highest BCUT2D eigenvalue weighted by Gasteiger charge is 2.19. The first kappa shape index (κ1) is 9.19. The number of pyridine rings is 1. The van der Waals surface area contributed by atoms with Crippen molar-refractivity contribution in [1.82, 2.24) is 4.98 Å². The van der Waals surface area contributed by atoms with Gasteiger partial charge in [0.15, 0.2) is 0 Å². The van der Waals surface area contributed by atoms with Gasteiger partial charge in [0.05, 0.1) is 11.3 Å². The van der Waals surface area contributed by atoms with Crippen LogP contribution in [0.1, 0.15) is 17.6 Å². The molecule has 0 aliphatic heterocycles. The van der Waals surface area contributed by atoms with Gasteiger partial charge >= 0.3 is 0 Å². The summed E-state index contributed by atoms with van der Waals surface area (Å²) < 4.78 is 24.5. The van der Waals surface area contributed by atoms with Crippen molar-refractivity contribution in [1.29, 1.82) is 5.26 Å². The minimum absolute atomic E-state index is 0.286. The average molecular weight is 185 g/mol. The number of nitrogens with two attached hydrogens (primary N) is 1. The quantitative estimate of drug-likeness (QED) is 0.677. The van der Waals surface area contributed by atoms with Crippen LogP contribution in [0.4, 0.5) is 14.5 Å². The lowest BCUT2D eigenvalue weighted by Gasteiger charge is -2.04. The molecular formula is C7H5F2N3O. The summed E-state index contributed by atoms with van der Waals surface area (Å²) >= 11 is 0. The SMILES string of the molecule is N#Cc1c(C(F)F)c(N)c[nH]c1=O. The van der Waals surface area contributed by atoms with E-state index in [9.17, 15) is 13.6 Å². The van der Waals surface area contributed by atoms with Crippen molar-refractivity contribution < 1.29 is 8.78 Å². The zero-order valence-corrected chi connectivity index (χ0v) is 6.34. The van der Waals surface area contributed by atoms with E-state index in [1.54, 1.807) is 0 Å². The minimum atomic E-state index is -2.92. The molecule has 4 nitrogen and oxygen atoms in total. The first-order valence-electron chi connectivity index (χ1n) is 3.27. The first-order valence-corrected chi connectivity index (χ1v) is 3.27. The number of hydrogen-bond donors (Lipinski definition) is 2. The topological polar surface area (TPSA) is 82.7 Å². The first-order chi connectivity index (χ1) is 6.07. The van der Waals surface area contributed by atoms with Gasteiger partial charge in [-0.25, -0.2) is 8.78 Å². The molecule has 0 spiro atoms. The van der Waals surface area contributed by atoms with Crippen molar-refractivity contribution in [2.45, 2.75) is 6.43 Å². The summed E-state index contributed by atoms with van der Waals surface area (Å²) in [5.74, 6) is 0. The molecule has 1 heterocycles. The Bertz CT molecular complexity index is 419. The number of nitrogens with one attached hydrogen (secondary N) is 1. The Morgan fingerprint density at radius 2 is 2.23 bits per heavy atom. The van der Waals surface area contributed by atoms with E-state index in [1.165, 1.54) is 6.07 Å². The smallest absolute Gasteiger partial charge is 0.267 e. The number of aromatic amines is 1. The van der Waals surface area contributed by atoms with Crippen LogP contribution < -0.4 is 11.3 Å². The normalized spacial score (nSPS) is 10.0. The maximum atomic E-state index is 12.3. The van der Waals surface area contributed by atoms with Gasteiger partial charge in [0.25, 0.3) is 12.0 Å². The van der Waals surface area contributed by atoms with Crippen LogP contribution in [0.3, 0.4) is 0 Å². The standard InChI is InChI=1S/C7H5F2N3O/c8-6(9)5-3(1-10)7(13)12-2-4(5)11/h2,6H,11H2,(H,12,13). The van der Waals surface area contributed by atoms with E-state index < -0.39 is 23.1 Å². The predicted octanol–water partition coefficient (Wildman–Crippen LogP) is 0.766. The number of rotatable bonds is 1. The van der Waals surface area contributed by atoms with Crippen molar-refractivity contribution in [3.05, 3.63) is 27.7 Å². The van der Waals surface area contributed by atoms with Gasteiger partial charge in [0.1, 0.15) is 11.6 Å². The molecule has 0 amide bonds. The highest BCUT2D eigenvalue weighted by molar-refractivity contribution is 5.53. The maximum Gasteiger partial charge on any atom is 0.267 e. The Labute approximate surface area is 71.6 Å². The summed E-state index contributed by atoms with van der Waals surface area (Å²) in [5.41, 5.74) is 2.69. The van der Waals surface area contributed by atoms with Crippen LogP contribution >= 0.6 is 0 Å². The number of hydrogen-bond acceptors (Lipinski definition) is 3. The van der Waals surface area contributed by atoms with Crippen molar-refractivity contribution in [2.75, 3.05) is 5.73 Å². The molecule has 1 aromatic heterocycles. The highest BCUT2D eigenvalue weighted by Crippen LogP contribution is 2.25. The van der Waals surface area contributed by atoms with E-state index in [1.807, 2.05) is 0 Å². The molecule has 0 fully saturated rings. The Kier molecular flexibility index (Phi) is 2.28. The number of alkyl halides is 2. The lowest BCUT2D eigenvalue weighted by Crippen LogP contribution is -2.15. The fraction of sp³-hybridized carbons (Fsp3) is 0.143. The number of nitriles is 1.